The van der Waals surface area contributed by atoms with Crippen LogP contribution >= 0.6 is 11.3 Å². The van der Waals surface area contributed by atoms with Gasteiger partial charge in [-0.2, -0.15) is 0 Å². The van der Waals surface area contributed by atoms with Crippen molar-refractivity contribution in [1.82, 2.24) is 4.98 Å². The number of nitrogens with zero attached hydrogens (tertiary/aromatic N) is 1. The molecular weight excluding hydrogens is 245 g/mol. The second kappa shape index (κ2) is 4.70. The Kier molecular flexibility index (Phi) is 2.90. The van der Waals surface area contributed by atoms with E-state index >= 15 is 0 Å². The van der Waals surface area contributed by atoms with Crippen molar-refractivity contribution < 1.29 is 4.39 Å². The zero-order valence-electron chi connectivity index (χ0n) is 9.51. The van der Waals surface area contributed by atoms with Crippen LogP contribution in [0.3, 0.4) is 0 Å². The maximum Gasteiger partial charge on any atom is 0.159 e. The molecule has 0 atom stereocenters. The van der Waals surface area contributed by atoms with Crippen molar-refractivity contribution >= 4 is 33.5 Å². The van der Waals surface area contributed by atoms with Gasteiger partial charge in [-0.3, -0.25) is 0 Å². The molecule has 18 heavy (non-hydrogen) atoms. The summed E-state index contributed by atoms with van der Waals surface area (Å²) in [5, 5.41) is 0.431. The van der Waals surface area contributed by atoms with Crippen molar-refractivity contribution in [2.45, 2.75) is 0 Å². The van der Waals surface area contributed by atoms with Crippen LogP contribution in [-0.4, -0.2) is 4.98 Å². The molecule has 0 aliphatic heterocycles. The molecular formula is C15H10FNS. The molecule has 3 aromatic rings. The van der Waals surface area contributed by atoms with Crippen LogP contribution in [0.25, 0.3) is 22.1 Å². The first-order valence-corrected chi connectivity index (χ1v) is 6.43. The molecule has 0 aliphatic rings. The van der Waals surface area contributed by atoms with Crippen LogP contribution in [0, 0.1) is 0 Å². The number of halogens is 1. The van der Waals surface area contributed by atoms with Gasteiger partial charge in [0.2, 0.25) is 0 Å². The number of hydrogen-bond donors (Lipinski definition) is 0. The molecule has 0 saturated heterocycles. The minimum absolute atomic E-state index is 0.289. The lowest BCUT2D eigenvalue weighted by molar-refractivity contribution is 0.764. The van der Waals surface area contributed by atoms with E-state index in [2.05, 4.69) is 4.98 Å². The molecule has 2 aromatic carbocycles. The van der Waals surface area contributed by atoms with Gasteiger partial charge in [0, 0.05) is 0 Å². The highest BCUT2D eigenvalue weighted by molar-refractivity contribution is 7.19. The first kappa shape index (κ1) is 11.1. The predicted molar refractivity (Wildman–Crippen MR) is 75.0 cm³/mol. The van der Waals surface area contributed by atoms with Crippen LogP contribution in [0.5, 0.6) is 0 Å². The number of benzene rings is 2. The van der Waals surface area contributed by atoms with Gasteiger partial charge in [-0.05, 0) is 23.8 Å². The minimum atomic E-state index is -0.289. The Morgan fingerprint density at radius 3 is 2.50 bits per heavy atom. The van der Waals surface area contributed by atoms with Crippen LogP contribution in [0.4, 0.5) is 4.39 Å². The fourth-order valence-corrected chi connectivity index (χ4v) is 2.61. The van der Waals surface area contributed by atoms with Crippen molar-refractivity contribution in [3.8, 4) is 0 Å². The van der Waals surface area contributed by atoms with Crippen LogP contribution < -0.4 is 0 Å². The molecule has 0 aliphatic carbocycles. The predicted octanol–water partition coefficient (Wildman–Crippen LogP) is 4.76. The average molecular weight is 255 g/mol. The van der Waals surface area contributed by atoms with Gasteiger partial charge >= 0.3 is 0 Å². The van der Waals surface area contributed by atoms with Gasteiger partial charge < -0.3 is 0 Å². The van der Waals surface area contributed by atoms with E-state index in [4.69, 9.17) is 0 Å². The highest BCUT2D eigenvalue weighted by Gasteiger charge is 2.07. The Bertz CT molecular complexity index is 668. The van der Waals surface area contributed by atoms with Crippen LogP contribution in [-0.2, 0) is 0 Å². The Labute approximate surface area is 108 Å². The average Bonchev–Trinajstić information content (AvgIpc) is 2.84. The lowest BCUT2D eigenvalue weighted by Crippen LogP contribution is -1.76. The zero-order chi connectivity index (χ0) is 12.4. The normalized spacial score (nSPS) is 11.9. The molecule has 1 nitrogen and oxygen atoms in total. The minimum Gasteiger partial charge on any atom is -0.234 e. The van der Waals surface area contributed by atoms with Crippen LogP contribution in [0.15, 0.2) is 54.6 Å². The smallest absolute Gasteiger partial charge is 0.159 e. The van der Waals surface area contributed by atoms with Crippen LogP contribution in [0.1, 0.15) is 10.6 Å². The Hall–Kier alpha value is -2.00. The summed E-state index contributed by atoms with van der Waals surface area (Å²) in [6, 6.07) is 17.1. The van der Waals surface area contributed by atoms with E-state index in [-0.39, 0.29) is 5.83 Å². The maximum absolute atomic E-state index is 14.1. The van der Waals surface area contributed by atoms with Gasteiger partial charge in [-0.25, -0.2) is 9.37 Å². The van der Waals surface area contributed by atoms with E-state index in [1.165, 1.54) is 17.4 Å². The topological polar surface area (TPSA) is 12.9 Å². The van der Waals surface area contributed by atoms with E-state index in [1.54, 1.807) is 0 Å². The third kappa shape index (κ3) is 2.17. The highest BCUT2D eigenvalue weighted by atomic mass is 32.1. The molecule has 0 N–H and O–H groups in total. The van der Waals surface area contributed by atoms with E-state index in [1.807, 2.05) is 54.6 Å². The lowest BCUT2D eigenvalue weighted by atomic mass is 10.2. The lowest BCUT2D eigenvalue weighted by Gasteiger charge is -1.93. The largest absolute Gasteiger partial charge is 0.234 e. The molecule has 0 unspecified atom stereocenters. The fourth-order valence-electron chi connectivity index (χ4n) is 1.73. The maximum atomic E-state index is 14.1. The Morgan fingerprint density at radius 1 is 1.00 bits per heavy atom. The van der Waals surface area contributed by atoms with E-state index < -0.39 is 0 Å². The summed E-state index contributed by atoms with van der Waals surface area (Å²) in [7, 11) is 0. The molecule has 88 valence electrons. The first-order chi connectivity index (χ1) is 8.83. The fraction of sp³-hybridized carbons (Fsp3) is 0. The SMILES string of the molecule is FC(=Cc1ccccc1)c1nc2ccccc2s1. The Morgan fingerprint density at radius 2 is 1.72 bits per heavy atom. The first-order valence-electron chi connectivity index (χ1n) is 5.61. The van der Waals surface area contributed by atoms with Crippen molar-refractivity contribution in [2.75, 3.05) is 0 Å². The molecule has 1 aromatic heterocycles. The van der Waals surface area contributed by atoms with Gasteiger partial charge in [0.15, 0.2) is 10.8 Å². The van der Waals surface area contributed by atoms with Crippen molar-refractivity contribution in [2.24, 2.45) is 0 Å². The summed E-state index contributed by atoms with van der Waals surface area (Å²) in [5.41, 5.74) is 1.68. The van der Waals surface area contributed by atoms with Gasteiger partial charge in [0.1, 0.15) is 0 Å². The van der Waals surface area contributed by atoms with Gasteiger partial charge in [0.25, 0.3) is 0 Å². The third-order valence-corrected chi connectivity index (χ3v) is 3.64. The number of hydrogen-bond acceptors (Lipinski definition) is 2. The zero-order valence-corrected chi connectivity index (χ0v) is 10.3. The molecule has 0 fully saturated rings. The van der Waals surface area contributed by atoms with E-state index in [0.29, 0.717) is 5.01 Å². The standard InChI is InChI=1S/C15H10FNS/c16-12(10-11-6-2-1-3-7-11)15-17-13-8-4-5-9-14(13)18-15/h1-10H. The van der Waals surface area contributed by atoms with Crippen molar-refractivity contribution in [3.05, 3.63) is 65.2 Å². The van der Waals surface area contributed by atoms with E-state index in [9.17, 15) is 4.39 Å². The summed E-state index contributed by atoms with van der Waals surface area (Å²) in [4.78, 5) is 4.28. The Balaban J connectivity index is 2.01. The molecule has 0 saturated carbocycles. The highest BCUT2D eigenvalue weighted by Crippen LogP contribution is 2.28. The molecule has 1 heterocycles. The third-order valence-electron chi connectivity index (χ3n) is 2.59. The summed E-state index contributed by atoms with van der Waals surface area (Å²) >= 11 is 1.37. The molecule has 0 spiro atoms. The van der Waals surface area contributed by atoms with Crippen molar-refractivity contribution in [3.63, 3.8) is 0 Å². The number of para-hydroxylation sites is 1. The number of thiazole rings is 1. The van der Waals surface area contributed by atoms with Gasteiger partial charge in [0.05, 0.1) is 10.2 Å². The summed E-state index contributed by atoms with van der Waals surface area (Å²) < 4.78 is 15.1. The number of rotatable bonds is 2. The quantitative estimate of drug-likeness (QED) is 0.643. The number of fused-ring (bicyclic) bond motifs is 1. The summed E-state index contributed by atoms with van der Waals surface area (Å²) in [5.74, 6) is -0.289. The molecule has 0 radical (unpaired) electrons. The molecule has 3 heteroatoms. The second-order valence-electron chi connectivity index (χ2n) is 3.89. The molecule has 3 rings (SSSR count). The molecule has 0 amide bonds. The second-order valence-corrected chi connectivity index (χ2v) is 4.92. The summed E-state index contributed by atoms with van der Waals surface area (Å²) in [6.45, 7) is 0. The van der Waals surface area contributed by atoms with Gasteiger partial charge in [-0.15, -0.1) is 11.3 Å². The molecule has 0 bridgehead atoms. The van der Waals surface area contributed by atoms with Crippen LogP contribution in [0.2, 0.25) is 0 Å². The number of aromatic nitrogens is 1. The summed E-state index contributed by atoms with van der Waals surface area (Å²) in [6.07, 6.45) is 1.51. The van der Waals surface area contributed by atoms with E-state index in [0.717, 1.165) is 15.8 Å². The van der Waals surface area contributed by atoms with Crippen molar-refractivity contribution in [1.29, 1.82) is 0 Å². The monoisotopic (exact) mass is 255 g/mol. The van der Waals surface area contributed by atoms with Gasteiger partial charge in [-0.1, -0.05) is 42.5 Å².